The summed E-state index contributed by atoms with van der Waals surface area (Å²) in [5.41, 5.74) is -0.315. The van der Waals surface area contributed by atoms with Crippen LogP contribution in [0.4, 0.5) is 0 Å². The average Bonchev–Trinajstić information content (AvgIpc) is 2.15. The normalized spacial score (nSPS) is 11.2. The number of methoxy groups -OCH3 is 1. The lowest BCUT2D eigenvalue weighted by Crippen LogP contribution is -2.24. The molecule has 15 heavy (non-hydrogen) atoms. The molecule has 4 heteroatoms. The first-order valence-corrected chi connectivity index (χ1v) is 5.13. The van der Waals surface area contributed by atoms with E-state index in [1.807, 2.05) is 13.8 Å². The number of rotatable bonds is 7. The van der Waals surface area contributed by atoms with Crippen molar-refractivity contribution in [2.75, 3.05) is 13.7 Å². The smallest absolute Gasteiger partial charge is 0.313 e. The van der Waals surface area contributed by atoms with Crippen LogP contribution in [-0.4, -0.2) is 31.1 Å². The maximum Gasteiger partial charge on any atom is 0.313 e. The van der Waals surface area contributed by atoms with Crippen LogP contribution in [-0.2, 0) is 19.1 Å². The number of ketones is 1. The molecule has 4 nitrogen and oxygen atoms in total. The summed E-state index contributed by atoms with van der Waals surface area (Å²) in [7, 11) is 1.61. The molecule has 0 aromatic rings. The van der Waals surface area contributed by atoms with Crippen LogP contribution >= 0.6 is 0 Å². The van der Waals surface area contributed by atoms with E-state index in [1.54, 1.807) is 14.0 Å². The molecular formula is C11H20O4. The van der Waals surface area contributed by atoms with Crippen LogP contribution in [0.5, 0.6) is 0 Å². The van der Waals surface area contributed by atoms with Gasteiger partial charge in [0.2, 0.25) is 0 Å². The second-order valence-electron chi connectivity index (χ2n) is 3.98. The maximum atomic E-state index is 11.3. The largest absolute Gasteiger partial charge is 0.466 e. The zero-order valence-electron chi connectivity index (χ0n) is 9.96. The Kier molecular flexibility index (Phi) is 6.17. The molecular weight excluding hydrogens is 196 g/mol. The van der Waals surface area contributed by atoms with E-state index in [4.69, 9.17) is 4.74 Å². The van der Waals surface area contributed by atoms with Gasteiger partial charge in [-0.15, -0.1) is 0 Å². The van der Waals surface area contributed by atoms with Crippen molar-refractivity contribution in [3.8, 4) is 0 Å². The van der Waals surface area contributed by atoms with E-state index in [0.29, 0.717) is 19.4 Å². The molecule has 0 saturated heterocycles. The number of hydrogen-bond acceptors (Lipinski definition) is 4. The van der Waals surface area contributed by atoms with E-state index in [1.165, 1.54) is 0 Å². The SMILES string of the molecule is CCOC(=O)CC(=O)CCC(C)(C)OC. The van der Waals surface area contributed by atoms with Gasteiger partial charge in [0, 0.05) is 13.5 Å². The Hall–Kier alpha value is -0.900. The third kappa shape index (κ3) is 7.08. The van der Waals surface area contributed by atoms with Gasteiger partial charge in [-0.2, -0.15) is 0 Å². The van der Waals surface area contributed by atoms with Gasteiger partial charge >= 0.3 is 5.97 Å². The molecule has 88 valence electrons. The Balaban J connectivity index is 3.80. The molecule has 0 unspecified atom stereocenters. The van der Waals surface area contributed by atoms with Crippen molar-refractivity contribution in [2.45, 2.75) is 45.6 Å². The van der Waals surface area contributed by atoms with Crippen molar-refractivity contribution in [1.82, 2.24) is 0 Å². The van der Waals surface area contributed by atoms with Crippen LogP contribution < -0.4 is 0 Å². The average molecular weight is 216 g/mol. The molecule has 0 N–H and O–H groups in total. The molecule has 0 amide bonds. The number of carbonyl (C=O) groups is 2. The standard InChI is InChI=1S/C11H20O4/c1-5-15-10(13)8-9(12)6-7-11(2,3)14-4/h5-8H2,1-4H3. The highest BCUT2D eigenvalue weighted by molar-refractivity contribution is 5.95. The fourth-order valence-corrected chi connectivity index (χ4v) is 1.00. The van der Waals surface area contributed by atoms with Crippen LogP contribution in [0, 0.1) is 0 Å². The van der Waals surface area contributed by atoms with Gasteiger partial charge in [-0.05, 0) is 27.2 Å². The Bertz CT molecular complexity index is 221. The number of esters is 1. The predicted molar refractivity (Wildman–Crippen MR) is 56.6 cm³/mol. The molecule has 0 fully saturated rings. The Morgan fingerprint density at radius 1 is 1.27 bits per heavy atom. The van der Waals surface area contributed by atoms with Crippen molar-refractivity contribution in [3.63, 3.8) is 0 Å². The van der Waals surface area contributed by atoms with E-state index in [2.05, 4.69) is 4.74 Å². The highest BCUT2D eigenvalue weighted by Crippen LogP contribution is 2.15. The van der Waals surface area contributed by atoms with Crippen LogP contribution in [0.15, 0.2) is 0 Å². The lowest BCUT2D eigenvalue weighted by Gasteiger charge is -2.21. The van der Waals surface area contributed by atoms with Crippen LogP contribution in [0.3, 0.4) is 0 Å². The van der Waals surface area contributed by atoms with Gasteiger partial charge in [0.25, 0.3) is 0 Å². The molecule has 0 bridgehead atoms. The van der Waals surface area contributed by atoms with Crippen molar-refractivity contribution in [2.24, 2.45) is 0 Å². The van der Waals surface area contributed by atoms with Crippen LogP contribution in [0.2, 0.25) is 0 Å². The van der Waals surface area contributed by atoms with Gasteiger partial charge in [0.15, 0.2) is 0 Å². The fourth-order valence-electron chi connectivity index (χ4n) is 1.00. The van der Waals surface area contributed by atoms with Crippen molar-refractivity contribution in [1.29, 1.82) is 0 Å². The molecule has 0 aliphatic rings. The van der Waals surface area contributed by atoms with E-state index in [0.717, 1.165) is 0 Å². The Morgan fingerprint density at radius 3 is 2.33 bits per heavy atom. The summed E-state index contributed by atoms with van der Waals surface area (Å²) < 4.78 is 9.85. The van der Waals surface area contributed by atoms with Gasteiger partial charge < -0.3 is 9.47 Å². The van der Waals surface area contributed by atoms with Crippen molar-refractivity contribution >= 4 is 11.8 Å². The second kappa shape index (κ2) is 6.56. The zero-order valence-corrected chi connectivity index (χ0v) is 9.96. The van der Waals surface area contributed by atoms with Gasteiger partial charge in [-0.1, -0.05) is 0 Å². The fraction of sp³-hybridized carbons (Fsp3) is 0.818. The van der Waals surface area contributed by atoms with Crippen molar-refractivity contribution < 1.29 is 19.1 Å². The third-order valence-corrected chi connectivity index (χ3v) is 2.21. The summed E-state index contributed by atoms with van der Waals surface area (Å²) in [5, 5.41) is 0. The summed E-state index contributed by atoms with van der Waals surface area (Å²) >= 11 is 0. The molecule has 0 atom stereocenters. The predicted octanol–water partition coefficient (Wildman–Crippen LogP) is 1.71. The maximum absolute atomic E-state index is 11.3. The summed E-state index contributed by atoms with van der Waals surface area (Å²) in [5.74, 6) is -0.545. The van der Waals surface area contributed by atoms with E-state index < -0.39 is 5.97 Å². The van der Waals surface area contributed by atoms with Gasteiger partial charge in [0.1, 0.15) is 12.2 Å². The summed E-state index contributed by atoms with van der Waals surface area (Å²) in [6.07, 6.45) is 0.828. The Labute approximate surface area is 90.9 Å². The summed E-state index contributed by atoms with van der Waals surface area (Å²) in [6, 6.07) is 0. The minimum atomic E-state index is -0.447. The van der Waals surface area contributed by atoms with E-state index >= 15 is 0 Å². The van der Waals surface area contributed by atoms with Gasteiger partial charge in [-0.25, -0.2) is 0 Å². The molecule has 0 aromatic heterocycles. The molecule has 0 aliphatic carbocycles. The molecule has 0 radical (unpaired) electrons. The van der Waals surface area contributed by atoms with E-state index in [-0.39, 0.29) is 17.8 Å². The molecule has 0 spiro atoms. The zero-order chi connectivity index (χ0) is 11.9. The first kappa shape index (κ1) is 14.1. The van der Waals surface area contributed by atoms with E-state index in [9.17, 15) is 9.59 Å². The summed E-state index contributed by atoms with van der Waals surface area (Å²) in [4.78, 5) is 22.3. The highest BCUT2D eigenvalue weighted by Gasteiger charge is 2.19. The monoisotopic (exact) mass is 216 g/mol. The topological polar surface area (TPSA) is 52.6 Å². The first-order valence-electron chi connectivity index (χ1n) is 5.13. The second-order valence-corrected chi connectivity index (χ2v) is 3.98. The number of hydrogen-bond donors (Lipinski definition) is 0. The minimum Gasteiger partial charge on any atom is -0.466 e. The van der Waals surface area contributed by atoms with Crippen LogP contribution in [0.1, 0.15) is 40.0 Å². The molecule has 0 aromatic carbocycles. The number of ether oxygens (including phenoxy) is 2. The van der Waals surface area contributed by atoms with Crippen LogP contribution in [0.25, 0.3) is 0 Å². The molecule has 0 saturated carbocycles. The van der Waals surface area contributed by atoms with Gasteiger partial charge in [-0.3, -0.25) is 9.59 Å². The highest BCUT2D eigenvalue weighted by atomic mass is 16.5. The lowest BCUT2D eigenvalue weighted by atomic mass is 10.00. The summed E-state index contributed by atoms with van der Waals surface area (Å²) in [6.45, 7) is 5.85. The molecule has 0 heterocycles. The molecule has 0 rings (SSSR count). The van der Waals surface area contributed by atoms with Gasteiger partial charge in [0.05, 0.1) is 12.2 Å². The quantitative estimate of drug-likeness (QED) is 0.480. The minimum absolute atomic E-state index is 0.0985. The number of carbonyl (C=O) groups excluding carboxylic acids is 2. The first-order chi connectivity index (χ1) is 6.91. The molecule has 0 aliphatic heterocycles. The lowest BCUT2D eigenvalue weighted by molar-refractivity contribution is -0.145. The van der Waals surface area contributed by atoms with Crippen molar-refractivity contribution in [3.05, 3.63) is 0 Å². The number of Topliss-reactive ketones (excluding diaryl/α,β-unsaturated/α-hetero) is 1. The Morgan fingerprint density at radius 2 is 1.87 bits per heavy atom. The third-order valence-electron chi connectivity index (χ3n) is 2.21.